The molecule has 0 saturated heterocycles. The van der Waals surface area contributed by atoms with Gasteiger partial charge in [0.1, 0.15) is 0 Å². The van der Waals surface area contributed by atoms with Crippen LogP contribution in [0.3, 0.4) is 0 Å². The van der Waals surface area contributed by atoms with E-state index in [1.54, 1.807) is 0 Å². The molecule has 1 rings (SSSR count). The van der Waals surface area contributed by atoms with Gasteiger partial charge in [0.15, 0.2) is 0 Å². The SMILES string of the molecule is CC.CC1CCC(C)([Se])CC1. The average Bonchev–Trinajstić information content (AvgIpc) is 2.00. The molecule has 0 amide bonds. The standard InChI is InChI=1S/C8H15Se.C2H6/c1-7-3-5-8(2,9)6-4-7;1-2/h7H,3-6H2,1-2H3;1-2H3. The maximum atomic E-state index is 3.28. The van der Waals surface area contributed by atoms with E-state index in [4.69, 9.17) is 0 Å². The van der Waals surface area contributed by atoms with Crippen LogP contribution in [0.25, 0.3) is 0 Å². The Balaban J connectivity index is 0.000000461. The fourth-order valence-corrected chi connectivity index (χ4v) is 1.87. The molecule has 1 radical (unpaired) electrons. The van der Waals surface area contributed by atoms with Gasteiger partial charge in [-0.15, -0.1) is 0 Å². The maximum absolute atomic E-state index is 3.28. The van der Waals surface area contributed by atoms with Crippen molar-refractivity contribution in [2.24, 2.45) is 5.92 Å². The van der Waals surface area contributed by atoms with Gasteiger partial charge in [-0.3, -0.25) is 0 Å². The van der Waals surface area contributed by atoms with Crippen LogP contribution in [0.15, 0.2) is 0 Å². The molecule has 1 heteroatoms. The van der Waals surface area contributed by atoms with Gasteiger partial charge in [0, 0.05) is 0 Å². The van der Waals surface area contributed by atoms with Gasteiger partial charge in [0.25, 0.3) is 0 Å². The summed E-state index contributed by atoms with van der Waals surface area (Å²) in [6.07, 6.45) is 5.61. The quantitative estimate of drug-likeness (QED) is 0.547. The molecule has 0 spiro atoms. The van der Waals surface area contributed by atoms with E-state index in [0.717, 1.165) is 5.92 Å². The Hall–Kier alpha value is 0.519. The molecule has 0 aromatic rings. The van der Waals surface area contributed by atoms with E-state index in [2.05, 4.69) is 29.9 Å². The van der Waals surface area contributed by atoms with Crippen molar-refractivity contribution in [3.63, 3.8) is 0 Å². The van der Waals surface area contributed by atoms with Crippen LogP contribution in [0.2, 0.25) is 4.31 Å². The predicted octanol–water partition coefficient (Wildman–Crippen LogP) is 3.57. The Morgan fingerprint density at radius 3 is 1.82 bits per heavy atom. The minimum atomic E-state index is 0.534. The summed E-state index contributed by atoms with van der Waals surface area (Å²) >= 11 is 3.28. The summed E-state index contributed by atoms with van der Waals surface area (Å²) in [4.78, 5) is 0. The van der Waals surface area contributed by atoms with Crippen LogP contribution in [-0.2, 0) is 0 Å². The molecule has 0 aliphatic heterocycles. The van der Waals surface area contributed by atoms with Crippen LogP contribution in [-0.4, -0.2) is 16.0 Å². The first-order chi connectivity index (χ1) is 5.10. The van der Waals surface area contributed by atoms with Gasteiger partial charge in [-0.25, -0.2) is 0 Å². The molecule has 0 nitrogen and oxygen atoms in total. The second-order valence-corrected chi connectivity index (χ2v) is 5.70. The monoisotopic (exact) mass is 221 g/mol. The van der Waals surface area contributed by atoms with Gasteiger partial charge in [0.05, 0.1) is 0 Å². The van der Waals surface area contributed by atoms with Crippen molar-refractivity contribution in [3.8, 4) is 0 Å². The molecule has 0 aromatic carbocycles. The third-order valence-corrected chi connectivity index (χ3v) is 3.19. The number of rotatable bonds is 0. The van der Waals surface area contributed by atoms with E-state index in [0.29, 0.717) is 4.31 Å². The summed E-state index contributed by atoms with van der Waals surface area (Å²) < 4.78 is 0.534. The molecular formula is C10H21Se. The van der Waals surface area contributed by atoms with Crippen LogP contribution >= 0.6 is 0 Å². The summed E-state index contributed by atoms with van der Waals surface area (Å²) in [5, 5.41) is 0. The summed E-state index contributed by atoms with van der Waals surface area (Å²) in [5.74, 6) is 0.978. The van der Waals surface area contributed by atoms with Gasteiger partial charge in [-0.2, -0.15) is 0 Å². The Morgan fingerprint density at radius 2 is 1.55 bits per heavy atom. The van der Waals surface area contributed by atoms with E-state index < -0.39 is 0 Å². The average molecular weight is 220 g/mol. The third kappa shape index (κ3) is 4.87. The van der Waals surface area contributed by atoms with Crippen molar-refractivity contribution in [1.82, 2.24) is 0 Å². The zero-order valence-corrected chi connectivity index (χ0v) is 10.0. The second-order valence-electron chi connectivity index (χ2n) is 3.63. The van der Waals surface area contributed by atoms with Crippen molar-refractivity contribution < 1.29 is 0 Å². The third-order valence-electron chi connectivity index (χ3n) is 2.33. The molecule has 67 valence electrons. The summed E-state index contributed by atoms with van der Waals surface area (Å²) in [6.45, 7) is 8.69. The topological polar surface area (TPSA) is 0 Å². The van der Waals surface area contributed by atoms with Crippen molar-refractivity contribution in [2.75, 3.05) is 0 Å². The zero-order chi connectivity index (χ0) is 8.91. The van der Waals surface area contributed by atoms with Crippen LogP contribution in [0, 0.1) is 5.92 Å². The van der Waals surface area contributed by atoms with Gasteiger partial charge >= 0.3 is 65.8 Å². The van der Waals surface area contributed by atoms with Crippen LogP contribution < -0.4 is 0 Å². The molecule has 11 heavy (non-hydrogen) atoms. The van der Waals surface area contributed by atoms with Crippen molar-refractivity contribution >= 4 is 16.0 Å². The van der Waals surface area contributed by atoms with E-state index in [1.807, 2.05) is 13.8 Å². The minimum absolute atomic E-state index is 0.534. The second kappa shape index (κ2) is 5.22. The van der Waals surface area contributed by atoms with Gasteiger partial charge in [-0.1, -0.05) is 13.8 Å². The molecule has 1 saturated carbocycles. The van der Waals surface area contributed by atoms with Gasteiger partial charge in [0.2, 0.25) is 0 Å². The number of hydrogen-bond acceptors (Lipinski definition) is 0. The van der Waals surface area contributed by atoms with Gasteiger partial charge < -0.3 is 0 Å². The predicted molar refractivity (Wildman–Crippen MR) is 53.1 cm³/mol. The van der Waals surface area contributed by atoms with Crippen molar-refractivity contribution in [2.45, 2.75) is 57.7 Å². The first-order valence-electron chi connectivity index (χ1n) is 4.81. The molecule has 0 unspecified atom stereocenters. The molecule has 0 N–H and O–H groups in total. The van der Waals surface area contributed by atoms with E-state index in [-0.39, 0.29) is 0 Å². The molecule has 1 aliphatic rings. The molecule has 0 bridgehead atoms. The Kier molecular flexibility index (Phi) is 5.46. The summed E-state index contributed by atoms with van der Waals surface area (Å²) in [5.41, 5.74) is 0. The van der Waals surface area contributed by atoms with Crippen molar-refractivity contribution in [1.29, 1.82) is 0 Å². The Bertz CT molecular complexity index is 87.0. The van der Waals surface area contributed by atoms with Crippen LogP contribution in [0.5, 0.6) is 0 Å². The summed E-state index contributed by atoms with van der Waals surface area (Å²) in [6, 6.07) is 0. The molecule has 0 atom stereocenters. The normalized spacial score (nSPS) is 37.4. The Morgan fingerprint density at radius 1 is 1.18 bits per heavy atom. The van der Waals surface area contributed by atoms with Crippen LogP contribution in [0.1, 0.15) is 53.4 Å². The zero-order valence-electron chi connectivity index (χ0n) is 8.31. The van der Waals surface area contributed by atoms with Crippen molar-refractivity contribution in [3.05, 3.63) is 0 Å². The number of hydrogen-bond donors (Lipinski definition) is 0. The van der Waals surface area contributed by atoms with E-state index in [9.17, 15) is 0 Å². The van der Waals surface area contributed by atoms with Crippen LogP contribution in [0.4, 0.5) is 0 Å². The first kappa shape index (κ1) is 11.5. The van der Waals surface area contributed by atoms with Gasteiger partial charge in [-0.05, 0) is 0 Å². The summed E-state index contributed by atoms with van der Waals surface area (Å²) in [7, 11) is 0. The first-order valence-corrected chi connectivity index (χ1v) is 5.66. The molecule has 1 fully saturated rings. The molecule has 1 aliphatic carbocycles. The fourth-order valence-electron chi connectivity index (χ4n) is 1.37. The molecular weight excluding hydrogens is 199 g/mol. The van der Waals surface area contributed by atoms with E-state index >= 15 is 0 Å². The molecule has 0 heterocycles. The van der Waals surface area contributed by atoms with E-state index in [1.165, 1.54) is 25.7 Å². The fraction of sp³-hybridized carbons (Fsp3) is 1.00. The molecule has 0 aromatic heterocycles. The Labute approximate surface area is 80.0 Å².